The van der Waals surface area contributed by atoms with E-state index in [9.17, 15) is 0 Å². The van der Waals surface area contributed by atoms with E-state index in [-0.39, 0.29) is 0 Å². The molecule has 0 unspecified atom stereocenters. The zero-order valence-corrected chi connectivity index (χ0v) is 22.5. The van der Waals surface area contributed by atoms with Crippen molar-refractivity contribution >= 4 is 11.1 Å². The summed E-state index contributed by atoms with van der Waals surface area (Å²) < 4.78 is 0. The van der Waals surface area contributed by atoms with Gasteiger partial charge in [0.05, 0.1) is 0 Å². The minimum Gasteiger partial charge on any atom is -0.0991 e. The zero-order valence-electron chi connectivity index (χ0n) is 22.5. The van der Waals surface area contributed by atoms with Crippen LogP contribution in [0.4, 0.5) is 0 Å². The Morgan fingerprint density at radius 3 is 1.83 bits per heavy atom. The molecule has 0 aliphatic carbocycles. The highest BCUT2D eigenvalue weighted by Gasteiger charge is 2.11. The number of hydrogen-bond acceptors (Lipinski definition) is 0. The lowest BCUT2D eigenvalue weighted by Crippen LogP contribution is -1.91. The van der Waals surface area contributed by atoms with E-state index in [1.54, 1.807) is 6.08 Å². The van der Waals surface area contributed by atoms with Crippen LogP contribution in [0.2, 0.25) is 0 Å². The lowest BCUT2D eigenvalue weighted by atomic mass is 9.89. The highest BCUT2D eigenvalue weighted by Crippen LogP contribution is 2.35. The molecule has 35 heavy (non-hydrogen) atoms. The molecule has 0 atom stereocenters. The molecule has 0 amide bonds. The molecular formula is C35H42. The van der Waals surface area contributed by atoms with Crippen molar-refractivity contribution in [2.75, 3.05) is 0 Å². The third-order valence-electron chi connectivity index (χ3n) is 5.33. The standard InChI is InChI=1S/C31H30.2C2H6/c1-5-8-15-24(4)28-19-10-11-21-30(28)26-17-14-18-27(23-26)31-22-13-12-20-29(31)25(7-3)16-9-6-2;2*1-2/h5-6,8-23H,1,4,7H2,2-3H3;2*1-2H3/b9-6-,15-8-,25-16+;;. The number of benzene rings is 3. The summed E-state index contributed by atoms with van der Waals surface area (Å²) in [4.78, 5) is 0. The average molecular weight is 463 g/mol. The molecule has 0 aliphatic rings. The first-order chi connectivity index (χ1) is 17.2. The monoisotopic (exact) mass is 462 g/mol. The maximum atomic E-state index is 4.26. The van der Waals surface area contributed by atoms with Gasteiger partial charge in [-0.3, -0.25) is 0 Å². The minimum atomic E-state index is 0.976. The molecule has 0 bridgehead atoms. The Hall–Kier alpha value is -3.64. The van der Waals surface area contributed by atoms with E-state index in [2.05, 4.69) is 118 Å². The Bertz CT molecular complexity index is 1150. The molecule has 0 heterocycles. The van der Waals surface area contributed by atoms with Gasteiger partial charge in [0, 0.05) is 0 Å². The maximum Gasteiger partial charge on any atom is -0.0105 e. The van der Waals surface area contributed by atoms with Crippen LogP contribution < -0.4 is 0 Å². The van der Waals surface area contributed by atoms with Crippen molar-refractivity contribution in [3.63, 3.8) is 0 Å². The Kier molecular flexibility index (Phi) is 14.2. The van der Waals surface area contributed by atoms with Gasteiger partial charge in [0.2, 0.25) is 0 Å². The van der Waals surface area contributed by atoms with Gasteiger partial charge >= 0.3 is 0 Å². The summed E-state index contributed by atoms with van der Waals surface area (Å²) in [7, 11) is 0. The van der Waals surface area contributed by atoms with Crippen LogP contribution in [0.15, 0.2) is 122 Å². The van der Waals surface area contributed by atoms with Crippen LogP contribution in [0.5, 0.6) is 0 Å². The van der Waals surface area contributed by atoms with Gasteiger partial charge in [0.25, 0.3) is 0 Å². The first-order valence-corrected chi connectivity index (χ1v) is 12.8. The Morgan fingerprint density at radius 1 is 0.743 bits per heavy atom. The van der Waals surface area contributed by atoms with Crippen molar-refractivity contribution in [3.05, 3.63) is 134 Å². The fraction of sp³-hybridized carbons (Fsp3) is 0.200. The molecular weight excluding hydrogens is 420 g/mol. The second kappa shape index (κ2) is 16.9. The van der Waals surface area contributed by atoms with Gasteiger partial charge in [0.1, 0.15) is 0 Å². The summed E-state index contributed by atoms with van der Waals surface area (Å²) in [5.41, 5.74) is 9.57. The third kappa shape index (κ3) is 8.26. The fourth-order valence-corrected chi connectivity index (χ4v) is 3.77. The fourth-order valence-electron chi connectivity index (χ4n) is 3.77. The van der Waals surface area contributed by atoms with E-state index in [0.29, 0.717) is 0 Å². The molecule has 182 valence electrons. The van der Waals surface area contributed by atoms with Gasteiger partial charge in [-0.2, -0.15) is 0 Å². The Labute approximate surface area is 214 Å². The van der Waals surface area contributed by atoms with Gasteiger partial charge < -0.3 is 0 Å². The van der Waals surface area contributed by atoms with Crippen molar-refractivity contribution in [2.45, 2.75) is 48.0 Å². The second-order valence-electron chi connectivity index (χ2n) is 7.36. The Morgan fingerprint density at radius 2 is 1.29 bits per heavy atom. The molecule has 3 rings (SSSR count). The summed E-state index contributed by atoms with van der Waals surface area (Å²) in [6.45, 7) is 20.3. The van der Waals surface area contributed by atoms with Crippen LogP contribution in [-0.4, -0.2) is 0 Å². The van der Waals surface area contributed by atoms with Crippen LogP contribution in [0.1, 0.15) is 59.1 Å². The normalized spacial score (nSPS) is 10.9. The van der Waals surface area contributed by atoms with Crippen LogP contribution in [0.3, 0.4) is 0 Å². The van der Waals surface area contributed by atoms with Crippen molar-refractivity contribution in [3.8, 4) is 22.3 Å². The molecule has 0 N–H and O–H groups in total. The van der Waals surface area contributed by atoms with E-state index in [1.807, 2.05) is 39.8 Å². The van der Waals surface area contributed by atoms with Crippen molar-refractivity contribution < 1.29 is 0 Å². The number of rotatable bonds is 8. The predicted molar refractivity (Wildman–Crippen MR) is 161 cm³/mol. The largest absolute Gasteiger partial charge is 0.0991 e. The van der Waals surface area contributed by atoms with Crippen LogP contribution >= 0.6 is 0 Å². The molecule has 0 saturated carbocycles. The molecule has 3 aromatic rings. The molecule has 0 saturated heterocycles. The first-order valence-electron chi connectivity index (χ1n) is 12.8. The summed E-state index contributed by atoms with van der Waals surface area (Å²) in [5, 5.41) is 0. The highest BCUT2D eigenvalue weighted by atomic mass is 14.1. The highest BCUT2D eigenvalue weighted by molar-refractivity contribution is 5.88. The topological polar surface area (TPSA) is 0 Å². The molecule has 0 aromatic heterocycles. The summed E-state index contributed by atoms with van der Waals surface area (Å²) in [6, 6.07) is 25.9. The summed E-state index contributed by atoms with van der Waals surface area (Å²) in [5.74, 6) is 0. The van der Waals surface area contributed by atoms with Crippen molar-refractivity contribution in [1.29, 1.82) is 0 Å². The van der Waals surface area contributed by atoms with Crippen LogP contribution in [0, 0.1) is 0 Å². The average Bonchev–Trinajstić information content (AvgIpc) is 2.94. The molecule has 0 radical (unpaired) electrons. The van der Waals surface area contributed by atoms with Crippen molar-refractivity contribution in [2.24, 2.45) is 0 Å². The lowest BCUT2D eigenvalue weighted by molar-refractivity contribution is 1.24. The van der Waals surface area contributed by atoms with E-state index in [4.69, 9.17) is 0 Å². The third-order valence-corrected chi connectivity index (χ3v) is 5.33. The second-order valence-corrected chi connectivity index (χ2v) is 7.36. The zero-order chi connectivity index (χ0) is 26.1. The van der Waals surface area contributed by atoms with E-state index >= 15 is 0 Å². The molecule has 3 aromatic carbocycles. The summed E-state index contributed by atoms with van der Waals surface area (Å²) in [6.07, 6.45) is 13.1. The van der Waals surface area contributed by atoms with Gasteiger partial charge in [-0.25, -0.2) is 0 Å². The van der Waals surface area contributed by atoms with Crippen LogP contribution in [0.25, 0.3) is 33.4 Å². The molecule has 0 fully saturated rings. The number of allylic oxidation sites excluding steroid dienone is 8. The number of hydrogen-bond donors (Lipinski definition) is 0. The SMILES string of the molecule is C=C/C=C\C(=C)c1ccccc1-c1cccc(-c2ccccc2/C(=C/C=C\C)CC)c1.CC.CC. The van der Waals surface area contributed by atoms with Gasteiger partial charge in [-0.1, -0.05) is 151 Å². The first kappa shape index (κ1) is 29.4. The molecule has 0 heteroatoms. The minimum absolute atomic E-state index is 0.976. The molecule has 0 spiro atoms. The molecule has 0 nitrogen and oxygen atoms in total. The summed E-state index contributed by atoms with van der Waals surface area (Å²) >= 11 is 0. The van der Waals surface area contributed by atoms with Crippen LogP contribution in [-0.2, 0) is 0 Å². The van der Waals surface area contributed by atoms with Gasteiger partial charge in [-0.15, -0.1) is 0 Å². The van der Waals surface area contributed by atoms with Crippen molar-refractivity contribution in [1.82, 2.24) is 0 Å². The van der Waals surface area contributed by atoms with E-state index in [1.165, 1.54) is 33.4 Å². The maximum absolute atomic E-state index is 4.26. The Balaban J connectivity index is 0.00000145. The smallest absolute Gasteiger partial charge is 0.0105 e. The molecule has 0 aliphatic heterocycles. The predicted octanol–water partition coefficient (Wildman–Crippen LogP) is 11.2. The van der Waals surface area contributed by atoms with Gasteiger partial charge in [0.15, 0.2) is 0 Å². The lowest BCUT2D eigenvalue weighted by Gasteiger charge is -2.15. The van der Waals surface area contributed by atoms with E-state index < -0.39 is 0 Å². The quantitative estimate of drug-likeness (QED) is 0.292. The van der Waals surface area contributed by atoms with E-state index in [0.717, 1.165) is 17.6 Å². The van der Waals surface area contributed by atoms with Gasteiger partial charge in [-0.05, 0) is 63.9 Å².